The summed E-state index contributed by atoms with van der Waals surface area (Å²) in [4.78, 5) is 0. The van der Waals surface area contributed by atoms with Gasteiger partial charge in [0.25, 0.3) is 0 Å². The molecule has 0 saturated carbocycles. The Morgan fingerprint density at radius 2 is 1.28 bits per heavy atom. The monoisotopic (exact) mass is 627 g/mol. The molecule has 1 atom stereocenters. The topological polar surface area (TPSA) is 0 Å². The van der Waals surface area contributed by atoms with E-state index in [-0.39, 0.29) is 9.04 Å². The quantitative estimate of drug-likeness (QED) is 0.247. The predicted molar refractivity (Wildman–Crippen MR) is 165 cm³/mol. The standard InChI is InChI=1S/C31H39Si2.2ClH.Zr/c1-31(2,3)29-16-15-23-17-24(22-13-11-10-12-14-22)20-28(23)30(29)25-18-26(32(4,5)6)21-27(19-25)33(7,8)9;;;/h10-21H,1-9H3;2*1H;/q;;;+2/p-2. The zero-order valence-electron chi connectivity index (χ0n) is 23.2. The van der Waals surface area contributed by atoms with E-state index in [4.69, 9.17) is 17.0 Å². The Bertz CT molecular complexity index is 1280. The molecule has 1 unspecified atom stereocenters. The van der Waals surface area contributed by atoms with E-state index in [9.17, 15) is 0 Å². The number of hydrogen-bond acceptors (Lipinski definition) is 0. The third-order valence-corrected chi connectivity index (χ3v) is 16.5. The Labute approximate surface area is 235 Å². The first-order valence-corrected chi connectivity index (χ1v) is 27.6. The van der Waals surface area contributed by atoms with Gasteiger partial charge in [0.2, 0.25) is 0 Å². The second-order valence-electron chi connectivity index (χ2n) is 13.2. The molecule has 4 rings (SSSR count). The molecule has 0 saturated heterocycles. The summed E-state index contributed by atoms with van der Waals surface area (Å²) < 4.78 is 0.150. The summed E-state index contributed by atoms with van der Waals surface area (Å²) in [5.74, 6) is 0. The van der Waals surface area contributed by atoms with E-state index in [1.807, 2.05) is 0 Å². The summed E-state index contributed by atoms with van der Waals surface area (Å²) in [6.45, 7) is 21.8. The van der Waals surface area contributed by atoms with Crippen LogP contribution < -0.4 is 10.4 Å². The van der Waals surface area contributed by atoms with E-state index < -0.39 is 35.5 Å². The van der Waals surface area contributed by atoms with Crippen molar-refractivity contribution in [2.75, 3.05) is 0 Å². The van der Waals surface area contributed by atoms with E-state index in [2.05, 4.69) is 127 Å². The van der Waals surface area contributed by atoms with Gasteiger partial charge in [0.15, 0.2) is 0 Å². The average Bonchev–Trinajstić information content (AvgIpc) is 3.17. The van der Waals surface area contributed by atoms with Gasteiger partial charge in [-0.15, -0.1) is 0 Å². The molecular weight excluding hydrogens is 591 g/mol. The van der Waals surface area contributed by atoms with Gasteiger partial charge >= 0.3 is 238 Å². The fourth-order valence-corrected chi connectivity index (χ4v) is 12.8. The Morgan fingerprint density at radius 3 is 1.75 bits per heavy atom. The molecule has 3 aromatic carbocycles. The first-order valence-electron chi connectivity index (χ1n) is 12.9. The van der Waals surface area contributed by atoms with Crippen LogP contribution in [0.2, 0.25) is 39.3 Å². The zero-order chi connectivity index (χ0) is 26.6. The van der Waals surface area contributed by atoms with Crippen molar-refractivity contribution in [2.45, 2.75) is 69.1 Å². The van der Waals surface area contributed by atoms with Gasteiger partial charge in [-0.3, -0.25) is 0 Å². The second-order valence-corrected chi connectivity index (χ2v) is 32.2. The molecule has 189 valence electrons. The number of rotatable bonds is 5. The van der Waals surface area contributed by atoms with Gasteiger partial charge in [-0.2, -0.15) is 0 Å². The van der Waals surface area contributed by atoms with Crippen LogP contribution in [0.1, 0.15) is 46.7 Å². The fraction of sp³-hybridized carbons (Fsp3) is 0.355. The maximum atomic E-state index is 6.89. The maximum absolute atomic E-state index is 6.89. The number of hydrogen-bond donors (Lipinski definition) is 0. The van der Waals surface area contributed by atoms with E-state index in [1.54, 1.807) is 10.4 Å². The molecule has 0 spiro atoms. The van der Waals surface area contributed by atoms with Gasteiger partial charge < -0.3 is 0 Å². The van der Waals surface area contributed by atoms with Crippen molar-refractivity contribution >= 4 is 55.2 Å². The van der Waals surface area contributed by atoms with E-state index in [0.29, 0.717) is 0 Å². The summed E-state index contributed by atoms with van der Waals surface area (Å²) in [5, 5.41) is 3.09. The van der Waals surface area contributed by atoms with Gasteiger partial charge in [0.1, 0.15) is 0 Å². The zero-order valence-corrected chi connectivity index (χ0v) is 29.2. The van der Waals surface area contributed by atoms with Crippen LogP contribution in [0.25, 0.3) is 22.8 Å². The first-order chi connectivity index (χ1) is 16.6. The van der Waals surface area contributed by atoms with Crippen molar-refractivity contribution in [3.63, 3.8) is 0 Å². The van der Waals surface area contributed by atoms with Gasteiger partial charge in [-0.05, 0) is 0 Å². The number of fused-ring (bicyclic) bond motifs is 1. The number of halogens is 2. The molecule has 36 heavy (non-hydrogen) atoms. The summed E-state index contributed by atoms with van der Waals surface area (Å²) in [7, 11) is 10.7. The Kier molecular flexibility index (Phi) is 7.96. The van der Waals surface area contributed by atoms with Gasteiger partial charge in [0.05, 0.1) is 0 Å². The third-order valence-electron chi connectivity index (χ3n) is 7.29. The SMILES string of the molecule is CC(C)(C)c1ccc2c(c1-c1cc([Si](C)(C)C)cc([Si](C)(C)C)c1)C=C(c1ccccc1)[CH]2[Zr]([Cl])[Cl]. The Hall–Kier alpha value is -0.703. The molecule has 1 aliphatic rings. The van der Waals surface area contributed by atoms with Crippen molar-refractivity contribution in [3.8, 4) is 11.1 Å². The molecule has 0 aliphatic heterocycles. The Morgan fingerprint density at radius 1 is 0.722 bits per heavy atom. The van der Waals surface area contributed by atoms with Crippen molar-refractivity contribution in [1.29, 1.82) is 0 Å². The molecule has 0 aromatic heterocycles. The minimum absolute atomic E-state index is 0.0151. The molecule has 0 nitrogen and oxygen atoms in total. The second kappa shape index (κ2) is 10.1. The summed E-state index contributed by atoms with van der Waals surface area (Å²) in [6, 6.07) is 22.9. The molecule has 3 aromatic rings. The minimum atomic E-state index is -2.68. The van der Waals surface area contributed by atoms with Crippen molar-refractivity contribution < 1.29 is 19.4 Å². The van der Waals surface area contributed by atoms with Crippen LogP contribution in [-0.2, 0) is 24.8 Å². The molecule has 1 aliphatic carbocycles. The fourth-order valence-electron chi connectivity index (χ4n) is 5.14. The van der Waals surface area contributed by atoms with Crippen molar-refractivity contribution in [2.24, 2.45) is 0 Å². The van der Waals surface area contributed by atoms with Crippen LogP contribution in [-0.4, -0.2) is 16.1 Å². The summed E-state index contributed by atoms with van der Waals surface area (Å²) >= 11 is -2.68. The molecule has 0 amide bonds. The van der Waals surface area contributed by atoms with Crippen LogP contribution in [0, 0.1) is 0 Å². The van der Waals surface area contributed by atoms with Gasteiger partial charge in [0, 0.05) is 0 Å². The molecule has 0 fully saturated rings. The average molecular weight is 630 g/mol. The van der Waals surface area contributed by atoms with E-state index in [0.717, 1.165) is 0 Å². The summed E-state index contributed by atoms with van der Waals surface area (Å²) in [5.41, 5.74) is 9.35. The molecule has 0 N–H and O–H groups in total. The number of benzene rings is 3. The van der Waals surface area contributed by atoms with Crippen LogP contribution in [0.3, 0.4) is 0 Å². The first kappa shape index (κ1) is 28.3. The normalized spacial score (nSPS) is 16.1. The molecule has 0 radical (unpaired) electrons. The molecule has 0 heterocycles. The van der Waals surface area contributed by atoms with Gasteiger partial charge in [-0.1, -0.05) is 0 Å². The van der Waals surface area contributed by atoms with Crippen molar-refractivity contribution in [1.82, 2.24) is 0 Å². The predicted octanol–water partition coefficient (Wildman–Crippen LogP) is 9.26. The van der Waals surface area contributed by atoms with Crippen LogP contribution >= 0.6 is 17.0 Å². The van der Waals surface area contributed by atoms with Crippen LogP contribution in [0.4, 0.5) is 0 Å². The van der Waals surface area contributed by atoms with E-state index in [1.165, 1.54) is 39.0 Å². The third kappa shape index (κ3) is 5.67. The molecular formula is C31H39Cl2Si2Zr. The van der Waals surface area contributed by atoms with Crippen molar-refractivity contribution in [3.05, 3.63) is 82.9 Å². The van der Waals surface area contributed by atoms with Gasteiger partial charge in [-0.25, -0.2) is 0 Å². The number of allylic oxidation sites excluding steroid dienone is 1. The van der Waals surface area contributed by atoms with Crippen LogP contribution in [0.5, 0.6) is 0 Å². The van der Waals surface area contributed by atoms with Crippen LogP contribution in [0.15, 0.2) is 60.7 Å². The van der Waals surface area contributed by atoms with E-state index >= 15 is 0 Å². The molecule has 5 heteroatoms. The summed E-state index contributed by atoms with van der Waals surface area (Å²) in [6.07, 6.45) is 2.42. The Balaban J connectivity index is 2.10. The molecule has 0 bridgehead atoms.